The maximum absolute atomic E-state index is 9.35. The Morgan fingerprint density at radius 3 is 2.46 bits per heavy atom. The third-order valence-electron chi connectivity index (χ3n) is 1.62. The van der Waals surface area contributed by atoms with Gasteiger partial charge in [-0.05, 0) is 0 Å². The molecule has 0 bridgehead atoms. The molecule has 0 radical (unpaired) electrons. The van der Waals surface area contributed by atoms with Gasteiger partial charge in [-0.3, -0.25) is 0 Å². The van der Waals surface area contributed by atoms with Crippen LogP contribution in [0.2, 0.25) is 0 Å². The molecule has 0 aliphatic heterocycles. The van der Waals surface area contributed by atoms with Crippen molar-refractivity contribution in [3.63, 3.8) is 0 Å². The molecule has 0 atom stereocenters. The minimum Gasteiger partial charge on any atom is -0.506 e. The second-order valence-corrected chi connectivity index (χ2v) is 2.34. The van der Waals surface area contributed by atoms with Crippen molar-refractivity contribution in [2.24, 2.45) is 0 Å². The fourth-order valence-corrected chi connectivity index (χ4v) is 0.967. The van der Waals surface area contributed by atoms with E-state index in [-0.39, 0.29) is 11.3 Å². The predicted octanol–water partition coefficient (Wildman–Crippen LogP) is 1.28. The number of phenolic OH excluding ortho intramolecular Hbond substituents is 1. The number of methoxy groups -OCH3 is 2. The van der Waals surface area contributed by atoms with Crippen molar-refractivity contribution in [1.82, 2.24) is 0 Å². The number of ether oxygens (including phenoxy) is 2. The van der Waals surface area contributed by atoms with Gasteiger partial charge >= 0.3 is 0 Å². The van der Waals surface area contributed by atoms with Gasteiger partial charge in [0.05, 0.1) is 14.2 Å². The molecule has 1 N–H and O–H groups in total. The first-order valence-electron chi connectivity index (χ1n) is 3.58. The second-order valence-electron chi connectivity index (χ2n) is 2.34. The molecule has 0 saturated carbocycles. The van der Waals surface area contributed by atoms with E-state index < -0.39 is 0 Å². The lowest BCUT2D eigenvalue weighted by atomic mass is 10.2. The number of nitrogens with zero attached hydrogens (tertiary/aromatic N) is 1. The largest absolute Gasteiger partial charge is 0.506 e. The molecule has 1 rings (SSSR count). The van der Waals surface area contributed by atoms with Gasteiger partial charge in [0.15, 0.2) is 0 Å². The van der Waals surface area contributed by atoms with Crippen LogP contribution in [0.5, 0.6) is 17.2 Å². The van der Waals surface area contributed by atoms with Crippen LogP contribution in [0, 0.1) is 11.3 Å². The van der Waals surface area contributed by atoms with E-state index in [1.165, 1.54) is 26.4 Å². The summed E-state index contributed by atoms with van der Waals surface area (Å²) in [6.45, 7) is 0. The normalized spacial score (nSPS) is 9.00. The maximum atomic E-state index is 9.35. The topological polar surface area (TPSA) is 62.5 Å². The van der Waals surface area contributed by atoms with Gasteiger partial charge in [-0.15, -0.1) is 0 Å². The van der Waals surface area contributed by atoms with E-state index in [1.54, 1.807) is 0 Å². The average Bonchev–Trinajstić information content (AvgIpc) is 2.16. The summed E-state index contributed by atoms with van der Waals surface area (Å²) in [5.74, 6) is 0.617. The number of hydrogen-bond donors (Lipinski definition) is 1. The summed E-state index contributed by atoms with van der Waals surface area (Å²) in [6, 6.07) is 4.74. The Bertz CT molecular complexity index is 355. The van der Waals surface area contributed by atoms with Crippen LogP contribution >= 0.6 is 0 Å². The number of rotatable bonds is 2. The van der Waals surface area contributed by atoms with Crippen molar-refractivity contribution < 1.29 is 14.6 Å². The molecular formula is C9H9NO3. The zero-order valence-electron chi connectivity index (χ0n) is 7.37. The van der Waals surface area contributed by atoms with Gasteiger partial charge in [0.1, 0.15) is 28.9 Å². The van der Waals surface area contributed by atoms with E-state index in [0.29, 0.717) is 11.5 Å². The van der Waals surface area contributed by atoms with Crippen molar-refractivity contribution >= 4 is 0 Å². The summed E-state index contributed by atoms with van der Waals surface area (Å²) in [7, 11) is 2.90. The smallest absolute Gasteiger partial charge is 0.144 e. The van der Waals surface area contributed by atoms with E-state index in [0.717, 1.165) is 0 Å². The summed E-state index contributed by atoms with van der Waals surface area (Å²) in [5.41, 5.74) is 0.114. The standard InChI is InChI=1S/C9H9NO3/c1-12-6-3-8(11)7(5-10)9(4-6)13-2/h3-4,11H,1-2H3. The molecule has 0 amide bonds. The highest BCUT2D eigenvalue weighted by atomic mass is 16.5. The summed E-state index contributed by atoms with van der Waals surface area (Å²) >= 11 is 0. The molecule has 0 aliphatic rings. The molecule has 1 aromatic carbocycles. The van der Waals surface area contributed by atoms with E-state index in [1.807, 2.05) is 6.07 Å². The van der Waals surface area contributed by atoms with Crippen molar-refractivity contribution in [2.45, 2.75) is 0 Å². The third kappa shape index (κ3) is 1.64. The van der Waals surface area contributed by atoms with Gasteiger partial charge < -0.3 is 14.6 Å². The molecule has 4 heteroatoms. The zero-order chi connectivity index (χ0) is 9.84. The van der Waals surface area contributed by atoms with Crippen LogP contribution in [0.1, 0.15) is 5.56 Å². The van der Waals surface area contributed by atoms with Crippen molar-refractivity contribution in [2.75, 3.05) is 14.2 Å². The number of hydrogen-bond acceptors (Lipinski definition) is 4. The molecule has 0 aromatic heterocycles. The lowest BCUT2D eigenvalue weighted by Crippen LogP contribution is -1.90. The minimum atomic E-state index is -0.140. The Morgan fingerprint density at radius 1 is 1.31 bits per heavy atom. The van der Waals surface area contributed by atoms with Crippen molar-refractivity contribution in [3.05, 3.63) is 17.7 Å². The molecule has 68 valence electrons. The molecular weight excluding hydrogens is 170 g/mol. The molecule has 4 nitrogen and oxygen atoms in total. The lowest BCUT2D eigenvalue weighted by molar-refractivity contribution is 0.383. The average molecular weight is 179 g/mol. The lowest BCUT2D eigenvalue weighted by Gasteiger charge is -2.06. The second kappa shape index (κ2) is 3.68. The third-order valence-corrected chi connectivity index (χ3v) is 1.62. The fraction of sp³-hybridized carbons (Fsp3) is 0.222. The van der Waals surface area contributed by atoms with E-state index in [4.69, 9.17) is 14.7 Å². The van der Waals surface area contributed by atoms with Crippen LogP contribution in [0.3, 0.4) is 0 Å². The summed E-state index contributed by atoms with van der Waals surface area (Å²) in [6.07, 6.45) is 0. The monoisotopic (exact) mass is 179 g/mol. The quantitative estimate of drug-likeness (QED) is 0.742. The number of nitriles is 1. The zero-order valence-corrected chi connectivity index (χ0v) is 7.37. The Hall–Kier alpha value is -1.89. The SMILES string of the molecule is COc1cc(O)c(C#N)c(OC)c1. The van der Waals surface area contributed by atoms with E-state index >= 15 is 0 Å². The highest BCUT2D eigenvalue weighted by Gasteiger charge is 2.10. The van der Waals surface area contributed by atoms with Crippen LogP contribution in [-0.2, 0) is 0 Å². The van der Waals surface area contributed by atoms with E-state index in [9.17, 15) is 5.11 Å². The van der Waals surface area contributed by atoms with Crippen LogP contribution < -0.4 is 9.47 Å². The molecule has 0 spiro atoms. The van der Waals surface area contributed by atoms with Crippen molar-refractivity contribution in [1.29, 1.82) is 5.26 Å². The fourth-order valence-electron chi connectivity index (χ4n) is 0.967. The highest BCUT2D eigenvalue weighted by molar-refractivity contribution is 5.56. The van der Waals surface area contributed by atoms with Crippen LogP contribution in [0.25, 0.3) is 0 Å². The molecule has 0 fully saturated rings. The highest BCUT2D eigenvalue weighted by Crippen LogP contribution is 2.32. The van der Waals surface area contributed by atoms with Gasteiger partial charge in [0.2, 0.25) is 0 Å². The van der Waals surface area contributed by atoms with Gasteiger partial charge in [0.25, 0.3) is 0 Å². The van der Waals surface area contributed by atoms with Crippen LogP contribution in [0.15, 0.2) is 12.1 Å². The van der Waals surface area contributed by atoms with Gasteiger partial charge in [-0.2, -0.15) is 5.26 Å². The summed E-state index contributed by atoms with van der Waals surface area (Å²) in [5, 5.41) is 18.0. The number of aromatic hydroxyl groups is 1. The van der Waals surface area contributed by atoms with Crippen LogP contribution in [0.4, 0.5) is 0 Å². The van der Waals surface area contributed by atoms with Gasteiger partial charge in [0, 0.05) is 12.1 Å². The van der Waals surface area contributed by atoms with Crippen LogP contribution in [-0.4, -0.2) is 19.3 Å². The molecule has 0 heterocycles. The van der Waals surface area contributed by atoms with Gasteiger partial charge in [-0.25, -0.2) is 0 Å². The first-order chi connectivity index (χ1) is 6.22. The summed E-state index contributed by atoms with van der Waals surface area (Å²) in [4.78, 5) is 0. The Labute approximate surface area is 75.9 Å². The van der Waals surface area contributed by atoms with E-state index in [2.05, 4.69) is 0 Å². The molecule has 0 aliphatic carbocycles. The number of benzene rings is 1. The van der Waals surface area contributed by atoms with Gasteiger partial charge in [-0.1, -0.05) is 0 Å². The molecule has 0 saturated heterocycles. The number of phenols is 1. The van der Waals surface area contributed by atoms with Crippen molar-refractivity contribution in [3.8, 4) is 23.3 Å². The minimum absolute atomic E-state index is 0.114. The Morgan fingerprint density at radius 2 is 2.00 bits per heavy atom. The molecule has 1 aromatic rings. The molecule has 13 heavy (non-hydrogen) atoms. The Balaban J connectivity index is 3.31. The maximum Gasteiger partial charge on any atom is 0.144 e. The first kappa shape index (κ1) is 9.20. The molecule has 0 unspecified atom stereocenters. The summed E-state index contributed by atoms with van der Waals surface area (Å²) < 4.78 is 9.78. The first-order valence-corrected chi connectivity index (χ1v) is 3.58. The Kier molecular flexibility index (Phi) is 2.60. The predicted molar refractivity (Wildman–Crippen MR) is 45.9 cm³/mol.